The molecule has 1 N–H and O–H groups in total. The van der Waals surface area contributed by atoms with Crippen molar-refractivity contribution in [2.75, 3.05) is 18.4 Å². The number of likely N-dealkylation sites (tertiary alicyclic amines) is 1. The molecule has 7 nitrogen and oxygen atoms in total. The summed E-state index contributed by atoms with van der Waals surface area (Å²) in [5, 5.41) is 6.85. The van der Waals surface area contributed by atoms with Crippen LogP contribution in [0.15, 0.2) is 30.6 Å². The van der Waals surface area contributed by atoms with E-state index in [1.165, 1.54) is 0 Å². The second-order valence-corrected chi connectivity index (χ2v) is 8.31. The number of carbonyl (C=O) groups excluding carboxylic acids is 1. The SMILES string of the molecule is Cc1ccc(O[C@@H](C)C(=O)N2CCC([C@@H]3C[C@H](C(F)(F)F)n4ncnc4N3)CC2)cc1. The maximum absolute atomic E-state index is 13.5. The van der Waals surface area contributed by atoms with Gasteiger partial charge >= 0.3 is 6.18 Å². The van der Waals surface area contributed by atoms with Crippen molar-refractivity contribution in [3.63, 3.8) is 0 Å². The highest BCUT2D eigenvalue weighted by atomic mass is 19.4. The molecule has 0 unspecified atom stereocenters. The number of ether oxygens (including phenoxy) is 1. The van der Waals surface area contributed by atoms with Gasteiger partial charge in [-0.3, -0.25) is 4.79 Å². The molecule has 0 saturated carbocycles. The van der Waals surface area contributed by atoms with Gasteiger partial charge in [-0.05, 0) is 51.2 Å². The molecule has 0 radical (unpaired) electrons. The Morgan fingerprint density at radius 3 is 2.55 bits per heavy atom. The summed E-state index contributed by atoms with van der Waals surface area (Å²) in [4.78, 5) is 18.5. The topological polar surface area (TPSA) is 72.3 Å². The number of aryl methyl sites for hydroxylation is 1. The van der Waals surface area contributed by atoms with Gasteiger partial charge in [-0.1, -0.05) is 17.7 Å². The van der Waals surface area contributed by atoms with Gasteiger partial charge in [-0.15, -0.1) is 0 Å². The maximum Gasteiger partial charge on any atom is 0.411 e. The van der Waals surface area contributed by atoms with Gasteiger partial charge in [-0.2, -0.15) is 23.3 Å². The summed E-state index contributed by atoms with van der Waals surface area (Å²) >= 11 is 0. The minimum Gasteiger partial charge on any atom is -0.481 e. The average Bonchev–Trinajstić information content (AvgIpc) is 3.22. The number of nitrogens with one attached hydrogen (secondary N) is 1. The number of fused-ring (bicyclic) bond motifs is 1. The normalized spacial score (nSPS) is 23.1. The van der Waals surface area contributed by atoms with Crippen molar-refractivity contribution in [3.8, 4) is 5.75 Å². The summed E-state index contributed by atoms with van der Waals surface area (Å²) in [6, 6.07) is 5.46. The van der Waals surface area contributed by atoms with Crippen LogP contribution in [0.1, 0.15) is 37.8 Å². The lowest BCUT2D eigenvalue weighted by Gasteiger charge is -2.40. The highest BCUT2D eigenvalue weighted by molar-refractivity contribution is 5.81. The minimum absolute atomic E-state index is 0.0210. The third-order valence-corrected chi connectivity index (χ3v) is 6.14. The number of hydrogen-bond acceptors (Lipinski definition) is 5. The van der Waals surface area contributed by atoms with Gasteiger partial charge in [0.2, 0.25) is 5.95 Å². The molecule has 1 saturated heterocycles. The first-order chi connectivity index (χ1) is 14.7. The van der Waals surface area contributed by atoms with Crippen LogP contribution in [0.5, 0.6) is 5.75 Å². The first-order valence-corrected chi connectivity index (χ1v) is 10.5. The summed E-state index contributed by atoms with van der Waals surface area (Å²) in [6.07, 6.45) is -2.72. The van der Waals surface area contributed by atoms with Crippen molar-refractivity contribution < 1.29 is 22.7 Å². The van der Waals surface area contributed by atoms with Crippen LogP contribution in [0, 0.1) is 12.8 Å². The number of halogens is 3. The third kappa shape index (κ3) is 4.62. The lowest BCUT2D eigenvalue weighted by atomic mass is 9.85. The number of nitrogens with zero attached hydrogens (tertiary/aromatic N) is 4. The molecule has 0 bridgehead atoms. The standard InChI is InChI=1S/C21H26F3N5O2/c1-13-3-5-16(6-4-13)31-14(2)19(30)28-9-7-15(8-10-28)17-11-18(21(22,23)24)29-20(27-17)25-12-26-29/h3-6,12,14-15,17-18H,7-11H2,1-2H3,(H,25,26,27)/t14-,17-,18+/m0/s1. The van der Waals surface area contributed by atoms with Crippen molar-refractivity contribution in [3.05, 3.63) is 36.2 Å². The Kier molecular flexibility index (Phi) is 5.81. The van der Waals surface area contributed by atoms with Crippen LogP contribution < -0.4 is 10.1 Å². The van der Waals surface area contributed by atoms with E-state index in [0.29, 0.717) is 31.7 Å². The number of hydrogen-bond donors (Lipinski definition) is 1. The summed E-state index contributed by atoms with van der Waals surface area (Å²) in [5.41, 5.74) is 1.11. The number of alkyl halides is 3. The van der Waals surface area contributed by atoms with Gasteiger partial charge in [0, 0.05) is 19.1 Å². The molecule has 3 atom stereocenters. The van der Waals surface area contributed by atoms with E-state index in [0.717, 1.165) is 16.6 Å². The van der Waals surface area contributed by atoms with E-state index < -0.39 is 18.3 Å². The number of carbonyl (C=O) groups is 1. The van der Waals surface area contributed by atoms with Gasteiger partial charge in [0.25, 0.3) is 5.91 Å². The fourth-order valence-electron chi connectivity index (χ4n) is 4.38. The smallest absolute Gasteiger partial charge is 0.411 e. The van der Waals surface area contributed by atoms with Crippen LogP contribution in [0.4, 0.5) is 19.1 Å². The first kappa shape index (κ1) is 21.5. The largest absolute Gasteiger partial charge is 0.481 e. The average molecular weight is 437 g/mol. The zero-order valence-electron chi connectivity index (χ0n) is 17.5. The zero-order chi connectivity index (χ0) is 22.2. The maximum atomic E-state index is 13.5. The number of benzene rings is 1. The Morgan fingerprint density at radius 1 is 1.23 bits per heavy atom. The fourth-order valence-corrected chi connectivity index (χ4v) is 4.38. The molecule has 3 heterocycles. The molecule has 2 aromatic rings. The quantitative estimate of drug-likeness (QED) is 0.792. The van der Waals surface area contributed by atoms with E-state index in [1.807, 2.05) is 31.2 Å². The molecule has 0 spiro atoms. The van der Waals surface area contributed by atoms with Crippen molar-refractivity contribution in [2.45, 2.75) is 57.5 Å². The minimum atomic E-state index is -4.39. The molecule has 1 fully saturated rings. The number of anilines is 1. The molecular weight excluding hydrogens is 411 g/mol. The van der Waals surface area contributed by atoms with Crippen molar-refractivity contribution in [1.82, 2.24) is 19.7 Å². The van der Waals surface area contributed by atoms with Crippen LogP contribution in [-0.2, 0) is 4.79 Å². The monoisotopic (exact) mass is 437 g/mol. The van der Waals surface area contributed by atoms with Crippen molar-refractivity contribution >= 4 is 11.9 Å². The van der Waals surface area contributed by atoms with Gasteiger partial charge in [0.15, 0.2) is 12.1 Å². The molecule has 1 aromatic heterocycles. The van der Waals surface area contributed by atoms with Crippen LogP contribution in [-0.4, -0.2) is 57.0 Å². The molecular formula is C21H26F3N5O2. The predicted octanol–water partition coefficient (Wildman–Crippen LogP) is 3.58. The highest BCUT2D eigenvalue weighted by Crippen LogP contribution is 2.41. The van der Waals surface area contributed by atoms with Crippen LogP contribution in [0.2, 0.25) is 0 Å². The summed E-state index contributed by atoms with van der Waals surface area (Å²) < 4.78 is 47.2. The lowest BCUT2D eigenvalue weighted by molar-refractivity contribution is -0.174. The Morgan fingerprint density at radius 2 is 1.90 bits per heavy atom. The molecule has 0 aliphatic carbocycles. The fraction of sp³-hybridized carbons (Fsp3) is 0.571. The summed E-state index contributed by atoms with van der Waals surface area (Å²) in [5.74, 6) is 0.698. The predicted molar refractivity (Wildman–Crippen MR) is 108 cm³/mol. The highest BCUT2D eigenvalue weighted by Gasteiger charge is 2.48. The van der Waals surface area contributed by atoms with Gasteiger partial charge in [0.1, 0.15) is 12.1 Å². The molecule has 4 rings (SSSR count). The summed E-state index contributed by atoms with van der Waals surface area (Å²) in [7, 11) is 0. The number of piperidine rings is 1. The van der Waals surface area contributed by atoms with E-state index in [1.54, 1.807) is 11.8 Å². The third-order valence-electron chi connectivity index (χ3n) is 6.14. The number of aromatic nitrogens is 3. The summed E-state index contributed by atoms with van der Waals surface area (Å²) in [6.45, 7) is 4.68. The van der Waals surface area contributed by atoms with Crippen molar-refractivity contribution in [2.24, 2.45) is 5.92 Å². The van der Waals surface area contributed by atoms with Crippen LogP contribution in [0.3, 0.4) is 0 Å². The van der Waals surface area contributed by atoms with E-state index in [9.17, 15) is 18.0 Å². The zero-order valence-corrected chi connectivity index (χ0v) is 17.5. The first-order valence-electron chi connectivity index (χ1n) is 10.5. The Bertz CT molecular complexity index is 906. The number of rotatable bonds is 4. The molecule has 2 aliphatic heterocycles. The molecule has 1 aromatic carbocycles. The Balaban J connectivity index is 1.34. The second kappa shape index (κ2) is 8.39. The van der Waals surface area contributed by atoms with Gasteiger partial charge in [0.05, 0.1) is 0 Å². The van der Waals surface area contributed by atoms with Gasteiger partial charge < -0.3 is 15.0 Å². The Labute approximate surface area is 178 Å². The van der Waals surface area contributed by atoms with Crippen molar-refractivity contribution in [1.29, 1.82) is 0 Å². The molecule has 2 aliphatic rings. The van der Waals surface area contributed by atoms with E-state index in [2.05, 4.69) is 15.4 Å². The van der Waals surface area contributed by atoms with E-state index >= 15 is 0 Å². The van der Waals surface area contributed by atoms with Crippen LogP contribution in [0.25, 0.3) is 0 Å². The Hall–Kier alpha value is -2.78. The lowest BCUT2D eigenvalue weighted by Crippen LogP contribution is -2.49. The molecule has 31 heavy (non-hydrogen) atoms. The molecule has 10 heteroatoms. The number of amides is 1. The molecule has 1 amide bonds. The second-order valence-electron chi connectivity index (χ2n) is 8.31. The van der Waals surface area contributed by atoms with E-state index in [-0.39, 0.29) is 30.2 Å². The van der Waals surface area contributed by atoms with E-state index in [4.69, 9.17) is 4.74 Å². The van der Waals surface area contributed by atoms with Crippen LogP contribution >= 0.6 is 0 Å². The van der Waals surface area contributed by atoms with Gasteiger partial charge in [-0.25, -0.2) is 4.68 Å². The molecule has 168 valence electrons.